The highest BCUT2D eigenvalue weighted by atomic mass is 16.4. The summed E-state index contributed by atoms with van der Waals surface area (Å²) >= 11 is 0. The lowest BCUT2D eigenvalue weighted by Crippen LogP contribution is -2.49. The number of aromatic nitrogens is 1. The molecule has 144 valence electrons. The molecule has 4 rings (SSSR count). The highest BCUT2D eigenvalue weighted by Crippen LogP contribution is 2.20. The van der Waals surface area contributed by atoms with Crippen molar-refractivity contribution in [1.29, 1.82) is 0 Å². The lowest BCUT2D eigenvalue weighted by Gasteiger charge is -2.34. The molecule has 0 saturated carbocycles. The van der Waals surface area contributed by atoms with E-state index >= 15 is 0 Å². The first-order valence-electron chi connectivity index (χ1n) is 9.39. The Hall–Kier alpha value is -3.19. The number of nitrogens with one attached hydrogen (secondary N) is 1. The Labute approximate surface area is 162 Å². The van der Waals surface area contributed by atoms with Crippen LogP contribution in [-0.4, -0.2) is 60.0 Å². The molecule has 1 amide bonds. The minimum Gasteiger partial charge on any atom is -0.423 e. The molecule has 7 nitrogen and oxygen atoms in total. The van der Waals surface area contributed by atoms with Crippen molar-refractivity contribution in [3.8, 4) is 0 Å². The molecule has 0 bridgehead atoms. The number of para-hydroxylation sites is 1. The van der Waals surface area contributed by atoms with Gasteiger partial charge in [0.15, 0.2) is 0 Å². The predicted molar refractivity (Wildman–Crippen MR) is 108 cm³/mol. The second-order valence-corrected chi connectivity index (χ2v) is 6.77. The Morgan fingerprint density at radius 2 is 1.82 bits per heavy atom. The van der Waals surface area contributed by atoms with Crippen LogP contribution in [0.5, 0.6) is 0 Å². The third-order valence-electron chi connectivity index (χ3n) is 4.98. The molecule has 1 aromatic carbocycles. The van der Waals surface area contributed by atoms with E-state index in [-0.39, 0.29) is 11.5 Å². The van der Waals surface area contributed by atoms with Crippen LogP contribution in [-0.2, 0) is 0 Å². The SMILES string of the molecule is O=C(c1ccncc1)N1CCN(CCNc2cc(=O)oc3ccccc23)CC1. The van der Waals surface area contributed by atoms with Crippen LogP contribution in [0.4, 0.5) is 5.69 Å². The molecule has 0 atom stereocenters. The Balaban J connectivity index is 1.30. The van der Waals surface area contributed by atoms with Crippen molar-refractivity contribution in [2.24, 2.45) is 0 Å². The van der Waals surface area contributed by atoms with Crippen molar-refractivity contribution < 1.29 is 9.21 Å². The van der Waals surface area contributed by atoms with E-state index in [1.165, 1.54) is 6.07 Å². The van der Waals surface area contributed by atoms with Crippen LogP contribution < -0.4 is 10.9 Å². The minimum atomic E-state index is -0.357. The third kappa shape index (κ3) is 4.04. The fourth-order valence-electron chi connectivity index (χ4n) is 3.46. The number of benzene rings is 1. The number of piperazine rings is 1. The molecule has 0 aliphatic carbocycles. The first-order chi connectivity index (χ1) is 13.7. The van der Waals surface area contributed by atoms with E-state index in [4.69, 9.17) is 4.42 Å². The summed E-state index contributed by atoms with van der Waals surface area (Å²) < 4.78 is 5.22. The summed E-state index contributed by atoms with van der Waals surface area (Å²) in [5.41, 5.74) is 1.70. The van der Waals surface area contributed by atoms with Gasteiger partial charge in [-0.15, -0.1) is 0 Å². The Bertz CT molecular complexity index is 1010. The zero-order valence-corrected chi connectivity index (χ0v) is 15.5. The molecule has 1 saturated heterocycles. The van der Waals surface area contributed by atoms with E-state index in [1.807, 2.05) is 23.1 Å². The average Bonchev–Trinajstić information content (AvgIpc) is 2.74. The highest BCUT2D eigenvalue weighted by Gasteiger charge is 2.21. The van der Waals surface area contributed by atoms with Crippen LogP contribution >= 0.6 is 0 Å². The Morgan fingerprint density at radius 1 is 1.07 bits per heavy atom. The second kappa shape index (κ2) is 8.22. The molecule has 2 aromatic heterocycles. The van der Waals surface area contributed by atoms with E-state index in [0.717, 1.165) is 30.7 Å². The van der Waals surface area contributed by atoms with Gasteiger partial charge in [-0.05, 0) is 24.3 Å². The number of anilines is 1. The maximum absolute atomic E-state index is 12.5. The van der Waals surface area contributed by atoms with Gasteiger partial charge in [-0.2, -0.15) is 0 Å². The predicted octanol–water partition coefficient (Wildman–Crippen LogP) is 2.06. The molecule has 1 N–H and O–H groups in total. The first-order valence-corrected chi connectivity index (χ1v) is 9.39. The third-order valence-corrected chi connectivity index (χ3v) is 4.98. The maximum Gasteiger partial charge on any atom is 0.338 e. The summed E-state index contributed by atoms with van der Waals surface area (Å²) in [7, 11) is 0. The van der Waals surface area contributed by atoms with Crippen LogP contribution in [0, 0.1) is 0 Å². The number of rotatable bonds is 5. The molecule has 1 aliphatic heterocycles. The zero-order valence-electron chi connectivity index (χ0n) is 15.5. The summed E-state index contributed by atoms with van der Waals surface area (Å²) in [5.74, 6) is 0.0580. The van der Waals surface area contributed by atoms with Gasteiger partial charge in [0.1, 0.15) is 5.58 Å². The number of carbonyl (C=O) groups excluding carboxylic acids is 1. The average molecular weight is 378 g/mol. The monoisotopic (exact) mass is 378 g/mol. The van der Waals surface area contributed by atoms with Crippen LogP contribution in [0.3, 0.4) is 0 Å². The van der Waals surface area contributed by atoms with Gasteiger partial charge in [-0.25, -0.2) is 4.79 Å². The molecule has 3 heterocycles. The Kier molecular flexibility index (Phi) is 5.34. The number of hydrogen-bond acceptors (Lipinski definition) is 6. The summed E-state index contributed by atoms with van der Waals surface area (Å²) in [4.78, 5) is 32.4. The van der Waals surface area contributed by atoms with Gasteiger partial charge in [0.05, 0.1) is 5.69 Å². The summed E-state index contributed by atoms with van der Waals surface area (Å²) in [6, 6.07) is 12.5. The van der Waals surface area contributed by atoms with Crippen LogP contribution in [0.15, 0.2) is 64.1 Å². The van der Waals surface area contributed by atoms with E-state index < -0.39 is 0 Å². The molecule has 3 aromatic rings. The molecule has 28 heavy (non-hydrogen) atoms. The van der Waals surface area contributed by atoms with Crippen LogP contribution in [0.25, 0.3) is 11.0 Å². The number of carbonyl (C=O) groups is 1. The second-order valence-electron chi connectivity index (χ2n) is 6.77. The van der Waals surface area contributed by atoms with Crippen molar-refractivity contribution in [1.82, 2.24) is 14.8 Å². The van der Waals surface area contributed by atoms with E-state index in [2.05, 4.69) is 15.2 Å². The Morgan fingerprint density at radius 3 is 2.61 bits per heavy atom. The maximum atomic E-state index is 12.5. The van der Waals surface area contributed by atoms with Crippen molar-refractivity contribution in [2.75, 3.05) is 44.6 Å². The van der Waals surface area contributed by atoms with Crippen molar-refractivity contribution in [3.05, 3.63) is 70.8 Å². The number of nitrogens with zero attached hydrogens (tertiary/aromatic N) is 3. The van der Waals surface area contributed by atoms with Crippen molar-refractivity contribution >= 4 is 22.6 Å². The van der Waals surface area contributed by atoms with Gasteiger partial charge in [0, 0.05) is 68.7 Å². The quantitative estimate of drug-likeness (QED) is 0.685. The molecule has 0 spiro atoms. The fraction of sp³-hybridized carbons (Fsp3) is 0.286. The van der Waals surface area contributed by atoms with Gasteiger partial charge in [0.25, 0.3) is 5.91 Å². The van der Waals surface area contributed by atoms with Gasteiger partial charge in [0.2, 0.25) is 0 Å². The van der Waals surface area contributed by atoms with E-state index in [9.17, 15) is 9.59 Å². The normalized spacial score (nSPS) is 14.9. The molecule has 7 heteroatoms. The fourth-order valence-corrected chi connectivity index (χ4v) is 3.46. The number of fused-ring (bicyclic) bond motifs is 1. The molecular formula is C21H22N4O3. The molecule has 0 radical (unpaired) electrons. The zero-order chi connectivity index (χ0) is 19.3. The van der Waals surface area contributed by atoms with E-state index in [1.54, 1.807) is 30.6 Å². The standard InChI is InChI=1S/C21H22N4O3/c26-20-15-18(17-3-1-2-4-19(17)28-20)23-9-10-24-11-13-25(14-12-24)21(27)16-5-7-22-8-6-16/h1-8,15,23H,9-14H2. The first kappa shape index (κ1) is 18.2. The molecule has 1 aliphatic rings. The topological polar surface area (TPSA) is 78.7 Å². The van der Waals surface area contributed by atoms with Gasteiger partial charge in [-0.1, -0.05) is 12.1 Å². The van der Waals surface area contributed by atoms with E-state index in [0.29, 0.717) is 30.8 Å². The molecule has 0 unspecified atom stereocenters. The van der Waals surface area contributed by atoms with Crippen molar-refractivity contribution in [3.63, 3.8) is 0 Å². The lowest BCUT2D eigenvalue weighted by atomic mass is 10.2. The molecule has 1 fully saturated rings. The van der Waals surface area contributed by atoms with Gasteiger partial charge in [-0.3, -0.25) is 14.7 Å². The summed E-state index contributed by atoms with van der Waals surface area (Å²) in [6.45, 7) is 4.63. The smallest absolute Gasteiger partial charge is 0.338 e. The lowest BCUT2D eigenvalue weighted by molar-refractivity contribution is 0.0642. The van der Waals surface area contributed by atoms with Crippen LogP contribution in [0.2, 0.25) is 0 Å². The molecular weight excluding hydrogens is 356 g/mol. The minimum absolute atomic E-state index is 0.0580. The van der Waals surface area contributed by atoms with Gasteiger partial charge >= 0.3 is 5.63 Å². The number of amides is 1. The van der Waals surface area contributed by atoms with Gasteiger partial charge < -0.3 is 14.6 Å². The summed E-state index contributed by atoms with van der Waals surface area (Å²) in [5, 5.41) is 4.24. The number of pyridine rings is 1. The summed E-state index contributed by atoms with van der Waals surface area (Å²) in [6.07, 6.45) is 3.28. The van der Waals surface area contributed by atoms with Crippen molar-refractivity contribution in [2.45, 2.75) is 0 Å². The van der Waals surface area contributed by atoms with Crippen LogP contribution in [0.1, 0.15) is 10.4 Å². The largest absolute Gasteiger partial charge is 0.423 e. The number of hydrogen-bond donors (Lipinski definition) is 1. The highest BCUT2D eigenvalue weighted by molar-refractivity contribution is 5.94.